The fourth-order valence-electron chi connectivity index (χ4n) is 3.47. The van der Waals surface area contributed by atoms with Crippen LogP contribution in [0.1, 0.15) is 58.1 Å². The van der Waals surface area contributed by atoms with Crippen molar-refractivity contribution in [2.45, 2.75) is 52.6 Å². The molecule has 1 aromatic rings. The fraction of sp³-hybridized carbons (Fsp3) is 0.667. The summed E-state index contributed by atoms with van der Waals surface area (Å²) in [4.78, 5) is 0. The Morgan fingerprint density at radius 3 is 2.33 bits per heavy atom. The molecule has 1 saturated carbocycles. The van der Waals surface area contributed by atoms with E-state index in [4.69, 9.17) is 4.74 Å². The first-order chi connectivity index (χ1) is 9.84. The normalized spacial score (nSPS) is 24.7. The van der Waals surface area contributed by atoms with Crippen LogP contribution < -0.4 is 4.74 Å². The van der Waals surface area contributed by atoms with Gasteiger partial charge in [-0.05, 0) is 49.0 Å². The summed E-state index contributed by atoms with van der Waals surface area (Å²) in [6.07, 6.45) is 3.40. The minimum Gasteiger partial charge on any atom is -0.494 e. The van der Waals surface area contributed by atoms with Crippen molar-refractivity contribution in [3.05, 3.63) is 29.6 Å². The summed E-state index contributed by atoms with van der Waals surface area (Å²) in [7, 11) is 1.45. The average molecular weight is 294 g/mol. The second-order valence-electron chi connectivity index (χ2n) is 7.29. The smallest absolute Gasteiger partial charge is 0.170 e. The van der Waals surface area contributed by atoms with Crippen molar-refractivity contribution < 1.29 is 14.2 Å². The summed E-state index contributed by atoms with van der Waals surface area (Å²) in [6.45, 7) is 6.82. The minimum atomic E-state index is -0.735. The lowest BCUT2D eigenvalue weighted by Gasteiger charge is -2.38. The van der Waals surface area contributed by atoms with Crippen LogP contribution in [0.5, 0.6) is 5.75 Å². The largest absolute Gasteiger partial charge is 0.494 e. The number of ether oxygens (including phenoxy) is 1. The number of benzene rings is 1. The third-order valence-electron chi connectivity index (χ3n) is 4.97. The lowest BCUT2D eigenvalue weighted by Crippen LogP contribution is -2.28. The molecule has 3 heteroatoms. The molecule has 0 spiro atoms. The summed E-state index contributed by atoms with van der Waals surface area (Å²) in [5, 5.41) is 10.5. The average Bonchev–Trinajstić information content (AvgIpc) is 2.46. The zero-order chi connectivity index (χ0) is 15.6. The second kappa shape index (κ2) is 6.35. The standard InChI is InChI=1S/C18H27FO2/c1-18(2,3)13-10-8-12(9-11-13)17(20)14-6-5-7-15(21-4)16(14)19/h5-7,12-13,17,20H,8-11H2,1-4H3. The highest BCUT2D eigenvalue weighted by Gasteiger charge is 2.33. The highest BCUT2D eigenvalue weighted by molar-refractivity contribution is 5.32. The van der Waals surface area contributed by atoms with E-state index >= 15 is 0 Å². The molecule has 0 amide bonds. The van der Waals surface area contributed by atoms with Gasteiger partial charge in [-0.25, -0.2) is 4.39 Å². The molecule has 1 N–H and O–H groups in total. The molecule has 1 atom stereocenters. The van der Waals surface area contributed by atoms with E-state index in [9.17, 15) is 9.50 Å². The number of aliphatic hydroxyl groups excluding tert-OH is 1. The monoisotopic (exact) mass is 294 g/mol. The lowest BCUT2D eigenvalue weighted by molar-refractivity contribution is 0.0503. The van der Waals surface area contributed by atoms with Crippen LogP contribution >= 0.6 is 0 Å². The quantitative estimate of drug-likeness (QED) is 0.874. The second-order valence-corrected chi connectivity index (χ2v) is 7.29. The summed E-state index contributed by atoms with van der Waals surface area (Å²) >= 11 is 0. The van der Waals surface area contributed by atoms with Crippen molar-refractivity contribution in [3.63, 3.8) is 0 Å². The van der Waals surface area contributed by atoms with Crippen molar-refractivity contribution in [1.82, 2.24) is 0 Å². The van der Waals surface area contributed by atoms with Gasteiger partial charge in [0.25, 0.3) is 0 Å². The van der Waals surface area contributed by atoms with Gasteiger partial charge in [-0.3, -0.25) is 0 Å². The van der Waals surface area contributed by atoms with Crippen molar-refractivity contribution in [2.24, 2.45) is 17.3 Å². The van der Waals surface area contributed by atoms with Gasteiger partial charge in [0.2, 0.25) is 0 Å². The molecular weight excluding hydrogens is 267 g/mol. The Kier molecular flexibility index (Phi) is 4.92. The molecule has 118 valence electrons. The number of methoxy groups -OCH3 is 1. The van der Waals surface area contributed by atoms with Gasteiger partial charge in [0.1, 0.15) is 0 Å². The number of hydrogen-bond acceptors (Lipinski definition) is 2. The van der Waals surface area contributed by atoms with Gasteiger partial charge in [0.05, 0.1) is 13.2 Å². The fourth-order valence-corrected chi connectivity index (χ4v) is 3.47. The molecule has 0 aliphatic heterocycles. The molecule has 21 heavy (non-hydrogen) atoms. The topological polar surface area (TPSA) is 29.5 Å². The molecule has 1 aliphatic carbocycles. The predicted molar refractivity (Wildman–Crippen MR) is 82.8 cm³/mol. The molecule has 1 aliphatic rings. The Labute approximate surface area is 127 Å². The summed E-state index contributed by atoms with van der Waals surface area (Å²) < 4.78 is 19.3. The van der Waals surface area contributed by atoms with Gasteiger partial charge in [-0.15, -0.1) is 0 Å². The molecule has 1 unspecified atom stereocenters. The van der Waals surface area contributed by atoms with E-state index in [0.29, 0.717) is 16.9 Å². The van der Waals surface area contributed by atoms with Crippen LogP contribution in [0.4, 0.5) is 4.39 Å². The number of hydrogen-bond donors (Lipinski definition) is 1. The number of halogens is 1. The van der Waals surface area contributed by atoms with Crippen molar-refractivity contribution in [3.8, 4) is 5.75 Å². The molecule has 0 bridgehead atoms. The van der Waals surface area contributed by atoms with Gasteiger partial charge in [0, 0.05) is 5.56 Å². The molecule has 0 aromatic heterocycles. The van der Waals surface area contributed by atoms with E-state index in [1.54, 1.807) is 18.2 Å². The van der Waals surface area contributed by atoms with Crippen LogP contribution in [0.3, 0.4) is 0 Å². The summed E-state index contributed by atoms with van der Waals surface area (Å²) in [6, 6.07) is 4.99. The van der Waals surface area contributed by atoms with E-state index < -0.39 is 11.9 Å². The molecule has 0 heterocycles. The van der Waals surface area contributed by atoms with E-state index in [0.717, 1.165) is 25.7 Å². The first kappa shape index (κ1) is 16.3. The van der Waals surface area contributed by atoms with Gasteiger partial charge in [-0.2, -0.15) is 0 Å². The van der Waals surface area contributed by atoms with E-state index in [-0.39, 0.29) is 11.7 Å². The van der Waals surface area contributed by atoms with Crippen LogP contribution in [0, 0.1) is 23.1 Å². The maximum atomic E-state index is 14.3. The third kappa shape index (κ3) is 3.57. The van der Waals surface area contributed by atoms with Crippen LogP contribution in [-0.4, -0.2) is 12.2 Å². The first-order valence-corrected chi connectivity index (χ1v) is 7.85. The van der Waals surface area contributed by atoms with Gasteiger partial charge < -0.3 is 9.84 Å². The van der Waals surface area contributed by atoms with Crippen molar-refractivity contribution in [2.75, 3.05) is 7.11 Å². The summed E-state index contributed by atoms with van der Waals surface area (Å²) in [5.74, 6) is 0.613. The Morgan fingerprint density at radius 2 is 1.81 bits per heavy atom. The summed E-state index contributed by atoms with van der Waals surface area (Å²) in [5.41, 5.74) is 0.686. The molecule has 0 radical (unpaired) electrons. The number of aliphatic hydroxyl groups is 1. The van der Waals surface area contributed by atoms with Crippen LogP contribution in [-0.2, 0) is 0 Å². The Bertz CT molecular complexity index is 471. The van der Waals surface area contributed by atoms with Crippen LogP contribution in [0.2, 0.25) is 0 Å². The maximum Gasteiger partial charge on any atom is 0.170 e. The number of rotatable bonds is 3. The van der Waals surface area contributed by atoms with Crippen LogP contribution in [0.25, 0.3) is 0 Å². The highest BCUT2D eigenvalue weighted by Crippen LogP contribution is 2.44. The predicted octanol–water partition coefficient (Wildman–Crippen LogP) is 4.72. The van der Waals surface area contributed by atoms with E-state index in [1.807, 2.05) is 0 Å². The molecule has 1 aromatic carbocycles. The minimum absolute atomic E-state index is 0.144. The molecule has 1 fully saturated rings. The van der Waals surface area contributed by atoms with Crippen molar-refractivity contribution >= 4 is 0 Å². The zero-order valence-corrected chi connectivity index (χ0v) is 13.5. The molecule has 2 nitrogen and oxygen atoms in total. The molecular formula is C18H27FO2. The first-order valence-electron chi connectivity index (χ1n) is 7.85. The van der Waals surface area contributed by atoms with Gasteiger partial charge >= 0.3 is 0 Å². The highest BCUT2D eigenvalue weighted by atomic mass is 19.1. The Balaban J connectivity index is 2.07. The molecule has 0 saturated heterocycles. The maximum absolute atomic E-state index is 14.3. The third-order valence-corrected chi connectivity index (χ3v) is 4.97. The van der Waals surface area contributed by atoms with Gasteiger partial charge in [-0.1, -0.05) is 32.9 Å². The van der Waals surface area contributed by atoms with E-state index in [1.165, 1.54) is 7.11 Å². The van der Waals surface area contributed by atoms with Crippen molar-refractivity contribution in [1.29, 1.82) is 0 Å². The van der Waals surface area contributed by atoms with Gasteiger partial charge in [0.15, 0.2) is 11.6 Å². The Hall–Kier alpha value is -1.09. The molecule has 2 rings (SSSR count). The zero-order valence-electron chi connectivity index (χ0n) is 13.5. The van der Waals surface area contributed by atoms with E-state index in [2.05, 4.69) is 20.8 Å². The SMILES string of the molecule is COc1cccc(C(O)C2CCC(C(C)(C)C)CC2)c1F. The lowest BCUT2D eigenvalue weighted by atomic mass is 9.68. The van der Waals surface area contributed by atoms with Crippen LogP contribution in [0.15, 0.2) is 18.2 Å². The Morgan fingerprint density at radius 1 is 1.19 bits per heavy atom.